The molecule has 1 aliphatic heterocycles. The molecule has 0 radical (unpaired) electrons. The van der Waals surface area contributed by atoms with Gasteiger partial charge in [0, 0.05) is 12.5 Å². The molecule has 0 aromatic carbocycles. The van der Waals surface area contributed by atoms with Gasteiger partial charge in [-0.1, -0.05) is 6.92 Å². The van der Waals surface area contributed by atoms with Crippen molar-refractivity contribution >= 4 is 7.60 Å². The van der Waals surface area contributed by atoms with Crippen LogP contribution in [0.25, 0.3) is 0 Å². The Morgan fingerprint density at radius 1 is 1.37 bits per heavy atom. The maximum atomic E-state index is 14.0. The molecule has 2 heterocycles. The lowest BCUT2D eigenvalue weighted by atomic mass is 9.99. The molecule has 1 aliphatic rings. The third kappa shape index (κ3) is 4.80. The van der Waals surface area contributed by atoms with Crippen molar-refractivity contribution in [3.05, 3.63) is 33.7 Å². The van der Waals surface area contributed by atoms with E-state index >= 15 is 0 Å². The van der Waals surface area contributed by atoms with Crippen LogP contribution in [-0.2, 0) is 13.8 Å². The number of hydrogen-bond acceptors (Lipinski definition) is 7. The summed E-state index contributed by atoms with van der Waals surface area (Å²) in [5.41, 5.74) is -1.76. The molecule has 1 saturated heterocycles. The zero-order chi connectivity index (χ0) is 20.5. The first-order chi connectivity index (χ1) is 12.5. The molecule has 7 atom stereocenters. The van der Waals surface area contributed by atoms with Crippen molar-refractivity contribution < 1.29 is 42.8 Å². The van der Waals surface area contributed by atoms with Crippen molar-refractivity contribution in [1.29, 1.82) is 0 Å². The lowest BCUT2D eigenvalue weighted by Crippen LogP contribution is -2.33. The molecular formula is C15H22F2NO8P. The van der Waals surface area contributed by atoms with E-state index in [1.54, 1.807) is 11.9 Å². The zero-order valence-corrected chi connectivity index (χ0v) is 15.5. The molecule has 154 valence electrons. The van der Waals surface area contributed by atoms with Crippen LogP contribution in [0.15, 0.2) is 10.9 Å². The van der Waals surface area contributed by atoms with Crippen LogP contribution >= 0.6 is 7.60 Å². The monoisotopic (exact) mass is 413 g/mol. The average molecular weight is 413 g/mol. The number of rotatable bonds is 7. The molecule has 1 fully saturated rings. The topological polar surface area (TPSA) is 149 Å². The normalized spacial score (nSPS) is 30.1. The molecule has 0 spiro atoms. The van der Waals surface area contributed by atoms with Gasteiger partial charge in [0.25, 0.3) is 5.56 Å². The van der Waals surface area contributed by atoms with Crippen molar-refractivity contribution in [2.75, 3.05) is 0 Å². The maximum Gasteiger partial charge on any atom is 0.356 e. The molecule has 9 nitrogen and oxygen atoms in total. The highest BCUT2D eigenvalue weighted by molar-refractivity contribution is 7.53. The van der Waals surface area contributed by atoms with Gasteiger partial charge in [-0.15, -0.1) is 0 Å². The number of H-pyrrole nitrogens is 1. The minimum absolute atomic E-state index is 0.185. The van der Waals surface area contributed by atoms with E-state index in [9.17, 15) is 38.4 Å². The number of hydrogen-bond donors (Lipinski definition) is 5. The van der Waals surface area contributed by atoms with Gasteiger partial charge in [-0.2, -0.15) is 4.39 Å². The van der Waals surface area contributed by atoms with E-state index in [2.05, 4.69) is 0 Å². The summed E-state index contributed by atoms with van der Waals surface area (Å²) >= 11 is 0. The van der Waals surface area contributed by atoms with E-state index < -0.39 is 66.8 Å². The number of aliphatic hydroxyl groups is 3. The van der Waals surface area contributed by atoms with Crippen LogP contribution in [0.4, 0.5) is 8.78 Å². The van der Waals surface area contributed by atoms with E-state index in [0.717, 1.165) is 6.92 Å². The fraction of sp³-hybridized carbons (Fsp3) is 0.667. The first-order valence-electron chi connectivity index (χ1n) is 8.26. The first-order valence-corrected chi connectivity index (χ1v) is 9.91. The standard InChI is InChI=1S/C15H22F2NO8P/c1-3-7(26-27(23,24)6(2)19)4-9-12(21)13(22)14(25-9)11-8(16)5-10(20)18-15(11)17/h5-7,9,12-14,19,21-22H,3-4H2,1-2H3,(H,18,20)(H,23,24)/t6?,7?,9-,12?,13?,14+/m1/s1. The second-order valence-corrected chi connectivity index (χ2v) is 8.44. The van der Waals surface area contributed by atoms with Crippen LogP contribution in [-0.4, -0.2) is 55.5 Å². The summed E-state index contributed by atoms with van der Waals surface area (Å²) < 4.78 is 50.1. The van der Waals surface area contributed by atoms with E-state index in [1.165, 1.54) is 0 Å². The van der Waals surface area contributed by atoms with Crippen LogP contribution in [0, 0.1) is 11.8 Å². The second-order valence-electron chi connectivity index (χ2n) is 6.35. The molecular weight excluding hydrogens is 391 g/mol. The van der Waals surface area contributed by atoms with Crippen molar-refractivity contribution in [3.63, 3.8) is 0 Å². The Morgan fingerprint density at radius 2 is 2.00 bits per heavy atom. The lowest BCUT2D eigenvalue weighted by Gasteiger charge is -2.25. The lowest BCUT2D eigenvalue weighted by molar-refractivity contribution is -0.0215. The largest absolute Gasteiger partial charge is 0.388 e. The molecule has 27 heavy (non-hydrogen) atoms. The molecule has 5 N–H and O–H groups in total. The van der Waals surface area contributed by atoms with Crippen LogP contribution in [0.1, 0.15) is 38.4 Å². The van der Waals surface area contributed by atoms with Crippen molar-refractivity contribution in [2.24, 2.45) is 0 Å². The summed E-state index contributed by atoms with van der Waals surface area (Å²) in [6, 6.07) is 0.483. The van der Waals surface area contributed by atoms with Crippen LogP contribution < -0.4 is 5.56 Å². The van der Waals surface area contributed by atoms with Crippen LogP contribution in [0.5, 0.6) is 0 Å². The zero-order valence-electron chi connectivity index (χ0n) is 14.6. The summed E-state index contributed by atoms with van der Waals surface area (Å²) in [5, 5.41) is 29.6. The molecule has 0 amide bonds. The molecule has 12 heteroatoms. The predicted molar refractivity (Wildman–Crippen MR) is 87.9 cm³/mol. The highest BCUT2D eigenvalue weighted by atomic mass is 31.2. The van der Waals surface area contributed by atoms with Gasteiger partial charge in [-0.3, -0.25) is 14.3 Å². The molecule has 5 unspecified atom stereocenters. The van der Waals surface area contributed by atoms with Crippen molar-refractivity contribution in [2.45, 2.75) is 63.1 Å². The molecule has 1 aromatic rings. The van der Waals surface area contributed by atoms with Gasteiger partial charge in [0.1, 0.15) is 24.1 Å². The van der Waals surface area contributed by atoms with Crippen molar-refractivity contribution in [3.8, 4) is 0 Å². The van der Waals surface area contributed by atoms with Gasteiger partial charge in [-0.25, -0.2) is 4.39 Å². The Balaban J connectivity index is 2.19. The van der Waals surface area contributed by atoms with E-state index in [0.29, 0.717) is 6.07 Å². The van der Waals surface area contributed by atoms with E-state index in [4.69, 9.17) is 9.26 Å². The Bertz CT molecular complexity index is 746. The van der Waals surface area contributed by atoms with Gasteiger partial charge >= 0.3 is 7.60 Å². The van der Waals surface area contributed by atoms with Crippen LogP contribution in [0.2, 0.25) is 0 Å². The average Bonchev–Trinajstić information content (AvgIpc) is 2.81. The molecule has 2 rings (SSSR count). The Kier molecular flexibility index (Phi) is 6.91. The highest BCUT2D eigenvalue weighted by Crippen LogP contribution is 2.49. The van der Waals surface area contributed by atoms with E-state index in [1.807, 2.05) is 0 Å². The fourth-order valence-electron chi connectivity index (χ4n) is 2.80. The van der Waals surface area contributed by atoms with Gasteiger partial charge < -0.3 is 29.5 Å². The number of halogens is 2. The third-order valence-electron chi connectivity index (χ3n) is 4.35. The first kappa shape index (κ1) is 22.1. The minimum atomic E-state index is -4.33. The quantitative estimate of drug-likeness (QED) is 0.321. The third-order valence-corrected chi connectivity index (χ3v) is 5.90. The summed E-state index contributed by atoms with van der Waals surface area (Å²) in [4.78, 5) is 22.4. The van der Waals surface area contributed by atoms with Gasteiger partial charge in [0.05, 0.1) is 17.8 Å². The Hall–Kier alpha value is -1.20. The summed E-state index contributed by atoms with van der Waals surface area (Å²) in [7, 11) is -4.33. The Morgan fingerprint density at radius 3 is 2.52 bits per heavy atom. The molecule has 0 bridgehead atoms. The maximum absolute atomic E-state index is 14.0. The fourth-order valence-corrected chi connectivity index (χ4v) is 3.64. The molecule has 0 aliphatic carbocycles. The van der Waals surface area contributed by atoms with E-state index in [-0.39, 0.29) is 12.8 Å². The second kappa shape index (κ2) is 8.44. The number of nitrogens with one attached hydrogen (secondary N) is 1. The number of aliphatic hydroxyl groups excluding tert-OH is 3. The van der Waals surface area contributed by atoms with Gasteiger partial charge in [-0.05, 0) is 13.3 Å². The number of ether oxygens (including phenoxy) is 1. The van der Waals surface area contributed by atoms with Gasteiger partial charge in [0.15, 0.2) is 5.85 Å². The number of pyridine rings is 1. The predicted octanol–water partition coefficient (Wildman–Crippen LogP) is 0.524. The molecule has 1 aromatic heterocycles. The SMILES string of the molecule is CCC(C[C@H]1O[C@@H](c2c(F)cc(=O)[nH]c2F)C(O)C1O)OP(=O)(O)C(C)O. The highest BCUT2D eigenvalue weighted by Gasteiger charge is 2.46. The number of aromatic nitrogens is 1. The number of aromatic amines is 1. The van der Waals surface area contributed by atoms with Crippen molar-refractivity contribution in [1.82, 2.24) is 4.98 Å². The summed E-state index contributed by atoms with van der Waals surface area (Å²) in [6.07, 6.45) is -6.97. The molecule has 0 saturated carbocycles. The smallest absolute Gasteiger partial charge is 0.356 e. The Labute approximate surface area is 153 Å². The summed E-state index contributed by atoms with van der Waals surface area (Å²) in [6.45, 7) is 2.69. The summed E-state index contributed by atoms with van der Waals surface area (Å²) in [5.74, 6) is -4.22. The minimum Gasteiger partial charge on any atom is -0.388 e. The van der Waals surface area contributed by atoms with Crippen LogP contribution in [0.3, 0.4) is 0 Å². The van der Waals surface area contributed by atoms with Gasteiger partial charge in [0.2, 0.25) is 5.95 Å².